The predicted octanol–water partition coefficient (Wildman–Crippen LogP) is 1.37. The van der Waals surface area contributed by atoms with Crippen molar-refractivity contribution in [2.24, 2.45) is 0 Å². The smallest absolute Gasteiger partial charge is 0.341 e. The first-order valence-corrected chi connectivity index (χ1v) is 6.28. The lowest BCUT2D eigenvalue weighted by Crippen LogP contribution is -2.29. The Bertz CT molecular complexity index is 702. The van der Waals surface area contributed by atoms with Gasteiger partial charge in [-0.2, -0.15) is 0 Å². The van der Waals surface area contributed by atoms with Gasteiger partial charge in [0.25, 0.3) is 0 Å². The zero-order valence-electron chi connectivity index (χ0n) is 9.91. The first kappa shape index (κ1) is 10.1. The highest BCUT2D eigenvalue weighted by Gasteiger charge is 2.21. The SMILES string of the molecule is O=c1oc2cc3c(cc2c2c1CNCC2)CCO3. The molecule has 1 aromatic carbocycles. The van der Waals surface area contributed by atoms with Gasteiger partial charge < -0.3 is 14.5 Å². The van der Waals surface area contributed by atoms with Gasteiger partial charge in [0.1, 0.15) is 11.3 Å². The summed E-state index contributed by atoms with van der Waals surface area (Å²) in [5.41, 5.74) is 3.59. The van der Waals surface area contributed by atoms with Gasteiger partial charge in [0.15, 0.2) is 0 Å². The van der Waals surface area contributed by atoms with E-state index in [0.717, 1.165) is 48.3 Å². The lowest BCUT2D eigenvalue weighted by Gasteiger charge is -2.17. The number of rotatable bonds is 0. The molecule has 0 saturated carbocycles. The van der Waals surface area contributed by atoms with Crippen LogP contribution in [0.1, 0.15) is 16.7 Å². The Labute approximate surface area is 104 Å². The van der Waals surface area contributed by atoms with Crippen molar-refractivity contribution in [2.45, 2.75) is 19.4 Å². The van der Waals surface area contributed by atoms with Gasteiger partial charge in [-0.3, -0.25) is 0 Å². The Hall–Kier alpha value is -1.81. The fourth-order valence-electron chi connectivity index (χ4n) is 2.87. The topological polar surface area (TPSA) is 51.5 Å². The molecule has 0 unspecified atom stereocenters. The minimum atomic E-state index is -0.220. The third-order valence-electron chi connectivity index (χ3n) is 3.78. The van der Waals surface area contributed by atoms with Crippen molar-refractivity contribution in [3.8, 4) is 5.75 Å². The number of benzene rings is 1. The lowest BCUT2D eigenvalue weighted by atomic mass is 9.97. The number of hydrogen-bond donors (Lipinski definition) is 1. The monoisotopic (exact) mass is 243 g/mol. The van der Waals surface area contributed by atoms with Crippen LogP contribution in [0, 0.1) is 0 Å². The Morgan fingerprint density at radius 3 is 3.06 bits per heavy atom. The molecular weight excluding hydrogens is 230 g/mol. The van der Waals surface area contributed by atoms with E-state index in [1.54, 1.807) is 0 Å². The molecule has 3 heterocycles. The zero-order valence-corrected chi connectivity index (χ0v) is 9.91. The Morgan fingerprint density at radius 1 is 1.17 bits per heavy atom. The predicted molar refractivity (Wildman–Crippen MR) is 67.1 cm³/mol. The van der Waals surface area contributed by atoms with E-state index in [4.69, 9.17) is 9.15 Å². The summed E-state index contributed by atoms with van der Waals surface area (Å²) < 4.78 is 10.9. The van der Waals surface area contributed by atoms with E-state index in [2.05, 4.69) is 11.4 Å². The second-order valence-electron chi connectivity index (χ2n) is 4.83. The highest BCUT2D eigenvalue weighted by atomic mass is 16.5. The summed E-state index contributed by atoms with van der Waals surface area (Å²) in [7, 11) is 0. The van der Waals surface area contributed by atoms with Gasteiger partial charge in [0.05, 0.1) is 12.2 Å². The number of fused-ring (bicyclic) bond motifs is 4. The quantitative estimate of drug-likeness (QED) is 0.710. The molecule has 0 atom stereocenters. The minimum Gasteiger partial charge on any atom is -0.493 e. The Balaban J connectivity index is 2.09. The van der Waals surface area contributed by atoms with Gasteiger partial charge in [0, 0.05) is 24.4 Å². The van der Waals surface area contributed by atoms with Gasteiger partial charge in [-0.05, 0) is 30.2 Å². The molecule has 18 heavy (non-hydrogen) atoms. The normalized spacial score (nSPS) is 17.3. The number of ether oxygens (including phenoxy) is 1. The second-order valence-corrected chi connectivity index (χ2v) is 4.83. The van der Waals surface area contributed by atoms with Crippen LogP contribution < -0.4 is 15.7 Å². The molecule has 0 bridgehead atoms. The van der Waals surface area contributed by atoms with Crippen LogP contribution in [0.2, 0.25) is 0 Å². The van der Waals surface area contributed by atoms with Gasteiger partial charge in [-0.15, -0.1) is 0 Å². The molecule has 4 heteroatoms. The van der Waals surface area contributed by atoms with Gasteiger partial charge in [0.2, 0.25) is 0 Å². The lowest BCUT2D eigenvalue weighted by molar-refractivity contribution is 0.356. The molecule has 2 aliphatic heterocycles. The van der Waals surface area contributed by atoms with Crippen LogP contribution in [0.3, 0.4) is 0 Å². The molecule has 4 rings (SSSR count). The molecule has 0 saturated heterocycles. The van der Waals surface area contributed by atoms with Crippen molar-refractivity contribution in [1.82, 2.24) is 5.32 Å². The van der Waals surface area contributed by atoms with Crippen LogP contribution >= 0.6 is 0 Å². The number of hydrogen-bond acceptors (Lipinski definition) is 4. The van der Waals surface area contributed by atoms with Gasteiger partial charge in [-0.25, -0.2) is 4.79 Å². The molecule has 0 spiro atoms. The summed E-state index contributed by atoms with van der Waals surface area (Å²) in [6.45, 7) is 2.25. The average molecular weight is 243 g/mol. The molecule has 2 aromatic rings. The maximum absolute atomic E-state index is 11.9. The zero-order chi connectivity index (χ0) is 12.1. The maximum atomic E-state index is 11.9. The molecule has 4 nitrogen and oxygen atoms in total. The summed E-state index contributed by atoms with van der Waals surface area (Å²) in [5, 5.41) is 4.29. The summed E-state index contributed by atoms with van der Waals surface area (Å²) in [6, 6.07) is 3.99. The van der Waals surface area contributed by atoms with Crippen LogP contribution in [0.5, 0.6) is 5.75 Å². The first-order chi connectivity index (χ1) is 8.83. The fourth-order valence-corrected chi connectivity index (χ4v) is 2.87. The van der Waals surface area contributed by atoms with E-state index < -0.39 is 0 Å². The van der Waals surface area contributed by atoms with E-state index >= 15 is 0 Å². The molecule has 2 aliphatic rings. The van der Waals surface area contributed by atoms with E-state index in [1.807, 2.05) is 6.07 Å². The second kappa shape index (κ2) is 3.59. The molecule has 0 amide bonds. The van der Waals surface area contributed by atoms with Gasteiger partial charge >= 0.3 is 5.63 Å². The molecule has 0 fully saturated rings. The van der Waals surface area contributed by atoms with Crippen molar-refractivity contribution >= 4 is 11.0 Å². The summed E-state index contributed by atoms with van der Waals surface area (Å²) in [6.07, 6.45) is 1.83. The van der Waals surface area contributed by atoms with Crippen LogP contribution in [-0.2, 0) is 19.4 Å². The molecule has 0 radical (unpaired) electrons. The summed E-state index contributed by atoms with van der Waals surface area (Å²) >= 11 is 0. The van der Waals surface area contributed by atoms with Crippen LogP contribution in [0.4, 0.5) is 0 Å². The number of nitrogens with one attached hydrogen (secondary N) is 1. The van der Waals surface area contributed by atoms with Crippen molar-refractivity contribution < 1.29 is 9.15 Å². The Kier molecular flexibility index (Phi) is 2.02. The fraction of sp³-hybridized carbons (Fsp3) is 0.357. The van der Waals surface area contributed by atoms with Crippen molar-refractivity contribution in [2.75, 3.05) is 13.2 Å². The Morgan fingerprint density at radius 2 is 2.11 bits per heavy atom. The standard InChI is InChI=1S/C14H13NO3/c16-14-11-7-15-3-1-9(11)10-5-8-2-4-17-12(8)6-13(10)18-14/h5-6,15H,1-4,7H2. The molecule has 1 N–H and O–H groups in total. The third kappa shape index (κ3) is 1.32. The minimum absolute atomic E-state index is 0.220. The molecular formula is C14H13NO3. The third-order valence-corrected chi connectivity index (χ3v) is 3.78. The van der Waals surface area contributed by atoms with Crippen LogP contribution in [0.25, 0.3) is 11.0 Å². The molecule has 0 aliphatic carbocycles. The summed E-state index contributed by atoms with van der Waals surface area (Å²) in [5.74, 6) is 0.861. The van der Waals surface area contributed by atoms with Crippen molar-refractivity contribution in [3.05, 3.63) is 39.2 Å². The maximum Gasteiger partial charge on any atom is 0.341 e. The van der Waals surface area contributed by atoms with E-state index in [1.165, 1.54) is 5.56 Å². The van der Waals surface area contributed by atoms with E-state index in [0.29, 0.717) is 12.1 Å². The van der Waals surface area contributed by atoms with Crippen molar-refractivity contribution in [3.63, 3.8) is 0 Å². The van der Waals surface area contributed by atoms with E-state index in [-0.39, 0.29) is 5.63 Å². The van der Waals surface area contributed by atoms with Crippen molar-refractivity contribution in [1.29, 1.82) is 0 Å². The molecule has 92 valence electrons. The van der Waals surface area contributed by atoms with Crippen LogP contribution in [-0.4, -0.2) is 13.2 Å². The molecule has 1 aromatic heterocycles. The summed E-state index contributed by atoms with van der Waals surface area (Å²) in [4.78, 5) is 11.9. The highest BCUT2D eigenvalue weighted by Crippen LogP contribution is 2.32. The van der Waals surface area contributed by atoms with Gasteiger partial charge in [-0.1, -0.05) is 0 Å². The highest BCUT2D eigenvalue weighted by molar-refractivity contribution is 5.84. The van der Waals surface area contributed by atoms with E-state index in [9.17, 15) is 4.79 Å². The first-order valence-electron chi connectivity index (χ1n) is 6.28. The largest absolute Gasteiger partial charge is 0.493 e. The van der Waals surface area contributed by atoms with Crippen LogP contribution in [0.15, 0.2) is 21.3 Å². The average Bonchev–Trinajstić information content (AvgIpc) is 2.84.